The monoisotopic (exact) mass is 338 g/mol. The molecule has 0 radical (unpaired) electrons. The van der Waals surface area contributed by atoms with Crippen LogP contribution in [-0.4, -0.2) is 45.1 Å². The molecule has 25 heavy (non-hydrogen) atoms. The Kier molecular flexibility index (Phi) is 5.21. The van der Waals surface area contributed by atoms with Crippen molar-refractivity contribution in [3.63, 3.8) is 0 Å². The van der Waals surface area contributed by atoms with Crippen LogP contribution < -0.4 is 4.74 Å². The molecular weight excluding hydrogens is 320 g/mol. The number of aliphatic hydroxyl groups is 1. The lowest BCUT2D eigenvalue weighted by atomic mass is 10.0. The molecule has 0 saturated carbocycles. The van der Waals surface area contributed by atoms with E-state index in [2.05, 4.69) is 9.97 Å². The summed E-state index contributed by atoms with van der Waals surface area (Å²) in [7, 11) is 0. The van der Waals surface area contributed by atoms with Crippen LogP contribution in [0.25, 0.3) is 0 Å². The van der Waals surface area contributed by atoms with Crippen molar-refractivity contribution in [1.82, 2.24) is 14.9 Å². The van der Waals surface area contributed by atoms with Gasteiger partial charge in [0, 0.05) is 18.9 Å². The summed E-state index contributed by atoms with van der Waals surface area (Å²) in [5.74, 6) is -0.174. The first-order valence-corrected chi connectivity index (χ1v) is 8.08. The second-order valence-electron chi connectivity index (χ2n) is 5.80. The number of rotatable bonds is 4. The summed E-state index contributed by atoms with van der Waals surface area (Å²) in [6.07, 6.45) is 2.90. The number of piperidine rings is 1. The van der Waals surface area contributed by atoms with Gasteiger partial charge in [0.1, 0.15) is 12.2 Å². The summed E-state index contributed by atoms with van der Waals surface area (Å²) in [6, 6.07) is 10.8. The van der Waals surface area contributed by atoms with Crippen LogP contribution in [0, 0.1) is 11.3 Å². The lowest BCUT2D eigenvalue weighted by Crippen LogP contribution is -2.46. The third-order valence-electron chi connectivity index (χ3n) is 4.09. The highest BCUT2D eigenvalue weighted by Crippen LogP contribution is 2.22. The largest absolute Gasteiger partial charge is 0.470 e. The maximum absolute atomic E-state index is 12.6. The van der Waals surface area contributed by atoms with E-state index < -0.39 is 6.10 Å². The van der Waals surface area contributed by atoms with Crippen LogP contribution in [0.2, 0.25) is 0 Å². The summed E-state index contributed by atoms with van der Waals surface area (Å²) in [6.45, 7) is 0.901. The molecule has 2 aromatic rings. The van der Waals surface area contributed by atoms with Gasteiger partial charge in [-0.2, -0.15) is 5.26 Å². The number of aromatic nitrogens is 2. The molecule has 0 spiro atoms. The molecule has 3 rings (SSSR count). The summed E-state index contributed by atoms with van der Waals surface area (Å²) in [5.41, 5.74) is 0.687. The van der Waals surface area contributed by atoms with E-state index >= 15 is 0 Å². The zero-order chi connectivity index (χ0) is 17.6. The predicted molar refractivity (Wildman–Crippen MR) is 88.4 cm³/mol. The maximum atomic E-state index is 12.6. The first kappa shape index (κ1) is 16.9. The Labute approximate surface area is 145 Å². The van der Waals surface area contributed by atoms with E-state index in [0.717, 1.165) is 12.8 Å². The van der Waals surface area contributed by atoms with Gasteiger partial charge in [-0.05, 0) is 18.4 Å². The smallest absolute Gasteiger partial charge is 0.256 e. The Morgan fingerprint density at radius 3 is 2.84 bits per heavy atom. The first-order valence-electron chi connectivity index (χ1n) is 8.08. The SMILES string of the molecule is N#Cc1nccnc1OC1CCCN(C(=O)C(O)c2ccccc2)C1. The Balaban J connectivity index is 1.67. The molecule has 1 aromatic heterocycles. The standard InChI is InChI=1S/C18H18N4O3/c19-11-15-17(21-9-8-20-15)25-14-7-4-10-22(12-14)18(24)16(23)13-5-2-1-3-6-13/h1-3,5-6,8-9,14,16,23H,4,7,10,12H2. The molecule has 128 valence electrons. The summed E-state index contributed by atoms with van der Waals surface area (Å²) >= 11 is 0. The van der Waals surface area contributed by atoms with Gasteiger partial charge in [-0.3, -0.25) is 4.79 Å². The third kappa shape index (κ3) is 3.92. The Hall–Kier alpha value is -2.98. The van der Waals surface area contributed by atoms with E-state index in [4.69, 9.17) is 10.00 Å². The minimum atomic E-state index is -1.19. The van der Waals surface area contributed by atoms with Gasteiger partial charge in [0.25, 0.3) is 11.8 Å². The maximum Gasteiger partial charge on any atom is 0.256 e. The van der Waals surface area contributed by atoms with Crippen molar-refractivity contribution in [2.24, 2.45) is 0 Å². The van der Waals surface area contributed by atoms with Gasteiger partial charge in [0.2, 0.25) is 5.69 Å². The molecular formula is C18H18N4O3. The number of likely N-dealkylation sites (tertiary alicyclic amines) is 1. The van der Waals surface area contributed by atoms with Crippen LogP contribution in [0.15, 0.2) is 42.7 Å². The number of carbonyl (C=O) groups excluding carboxylic acids is 1. The summed E-state index contributed by atoms with van der Waals surface area (Å²) < 4.78 is 5.77. The number of nitriles is 1. The highest BCUT2D eigenvalue weighted by molar-refractivity contribution is 5.82. The van der Waals surface area contributed by atoms with Crippen molar-refractivity contribution in [3.8, 4) is 11.9 Å². The lowest BCUT2D eigenvalue weighted by molar-refractivity contribution is -0.143. The number of nitrogens with zero attached hydrogens (tertiary/aromatic N) is 4. The van der Waals surface area contributed by atoms with Gasteiger partial charge in [-0.1, -0.05) is 30.3 Å². The average molecular weight is 338 g/mol. The fraction of sp³-hybridized carbons (Fsp3) is 0.333. The van der Waals surface area contributed by atoms with Crippen LogP contribution in [0.3, 0.4) is 0 Å². The first-order chi connectivity index (χ1) is 12.2. The van der Waals surface area contributed by atoms with Crippen molar-refractivity contribution in [3.05, 3.63) is 54.0 Å². The van der Waals surface area contributed by atoms with Gasteiger partial charge in [-0.15, -0.1) is 0 Å². The number of amides is 1. The molecule has 1 N–H and O–H groups in total. The van der Waals surface area contributed by atoms with Gasteiger partial charge in [-0.25, -0.2) is 9.97 Å². The van der Waals surface area contributed by atoms with E-state index in [1.165, 1.54) is 12.4 Å². The van der Waals surface area contributed by atoms with Crippen LogP contribution in [-0.2, 0) is 4.79 Å². The summed E-state index contributed by atoms with van der Waals surface area (Å²) in [4.78, 5) is 22.1. The van der Waals surface area contributed by atoms with E-state index in [1.807, 2.05) is 12.1 Å². The topological polar surface area (TPSA) is 99.3 Å². The van der Waals surface area contributed by atoms with Crippen LogP contribution in [0.5, 0.6) is 5.88 Å². The molecule has 1 amide bonds. The van der Waals surface area contributed by atoms with E-state index in [-0.39, 0.29) is 23.6 Å². The quantitative estimate of drug-likeness (QED) is 0.906. The zero-order valence-corrected chi connectivity index (χ0v) is 13.6. The highest BCUT2D eigenvalue weighted by atomic mass is 16.5. The zero-order valence-electron chi connectivity index (χ0n) is 13.6. The van der Waals surface area contributed by atoms with Gasteiger partial charge < -0.3 is 14.7 Å². The Morgan fingerprint density at radius 2 is 2.08 bits per heavy atom. The van der Waals surface area contributed by atoms with Gasteiger partial charge >= 0.3 is 0 Å². The fourth-order valence-corrected chi connectivity index (χ4v) is 2.83. The van der Waals surface area contributed by atoms with Gasteiger partial charge in [0.15, 0.2) is 6.10 Å². The number of benzene rings is 1. The minimum absolute atomic E-state index is 0.121. The average Bonchev–Trinajstić information content (AvgIpc) is 2.68. The van der Waals surface area contributed by atoms with Crippen molar-refractivity contribution in [2.45, 2.75) is 25.0 Å². The van der Waals surface area contributed by atoms with Crippen molar-refractivity contribution in [2.75, 3.05) is 13.1 Å². The number of ether oxygens (including phenoxy) is 1. The Morgan fingerprint density at radius 1 is 1.32 bits per heavy atom. The Bertz CT molecular complexity index is 775. The normalized spacial score (nSPS) is 18.2. The lowest BCUT2D eigenvalue weighted by Gasteiger charge is -2.33. The molecule has 0 aliphatic carbocycles. The summed E-state index contributed by atoms with van der Waals surface area (Å²) in [5, 5.41) is 19.4. The third-order valence-corrected chi connectivity index (χ3v) is 4.09. The van der Waals surface area contributed by atoms with Crippen molar-refractivity contribution in [1.29, 1.82) is 5.26 Å². The van der Waals surface area contributed by atoms with Crippen LogP contribution >= 0.6 is 0 Å². The molecule has 1 aliphatic heterocycles. The fourth-order valence-electron chi connectivity index (χ4n) is 2.83. The molecule has 1 aromatic carbocycles. The second-order valence-corrected chi connectivity index (χ2v) is 5.80. The number of carbonyl (C=O) groups is 1. The van der Waals surface area contributed by atoms with Gasteiger partial charge in [0.05, 0.1) is 6.54 Å². The number of hydrogen-bond acceptors (Lipinski definition) is 6. The minimum Gasteiger partial charge on any atom is -0.470 e. The molecule has 0 bridgehead atoms. The number of hydrogen-bond donors (Lipinski definition) is 1. The molecule has 1 fully saturated rings. The molecule has 7 nitrogen and oxygen atoms in total. The van der Waals surface area contributed by atoms with E-state index in [0.29, 0.717) is 18.7 Å². The predicted octanol–water partition coefficient (Wildman–Crippen LogP) is 1.45. The second kappa shape index (κ2) is 7.73. The van der Waals surface area contributed by atoms with E-state index in [1.54, 1.807) is 29.2 Å². The molecule has 7 heteroatoms. The van der Waals surface area contributed by atoms with Crippen molar-refractivity contribution >= 4 is 5.91 Å². The number of aliphatic hydroxyl groups excluding tert-OH is 1. The molecule has 1 saturated heterocycles. The van der Waals surface area contributed by atoms with Crippen molar-refractivity contribution < 1.29 is 14.6 Å². The molecule has 2 atom stereocenters. The van der Waals surface area contributed by atoms with E-state index in [9.17, 15) is 9.90 Å². The van der Waals surface area contributed by atoms with Crippen LogP contribution in [0.4, 0.5) is 0 Å². The molecule has 2 heterocycles. The molecule has 2 unspecified atom stereocenters. The molecule has 1 aliphatic rings. The highest BCUT2D eigenvalue weighted by Gasteiger charge is 2.30. The van der Waals surface area contributed by atoms with Crippen LogP contribution in [0.1, 0.15) is 30.2 Å².